The average Bonchev–Trinajstić information content (AvgIpc) is 2.75. The lowest BCUT2D eigenvalue weighted by molar-refractivity contribution is 0.0746. The SMILES string of the molecule is Cc1cccc(N2CCN(C(=O)c3cncc(N4CCCC(C)C4)c3)CC2)c1C. The topological polar surface area (TPSA) is 39.7 Å². The molecule has 0 aliphatic carbocycles. The Kier molecular flexibility index (Phi) is 5.74. The monoisotopic (exact) mass is 392 g/mol. The molecule has 4 rings (SSSR count). The van der Waals surface area contributed by atoms with Crippen molar-refractivity contribution < 1.29 is 4.79 Å². The van der Waals surface area contributed by atoms with Crippen molar-refractivity contribution in [3.05, 3.63) is 53.3 Å². The first-order valence-corrected chi connectivity index (χ1v) is 10.8. The van der Waals surface area contributed by atoms with Crippen LogP contribution in [0.25, 0.3) is 0 Å². The third-order valence-corrected chi connectivity index (χ3v) is 6.48. The predicted octanol–water partition coefficient (Wildman–Crippen LogP) is 3.90. The van der Waals surface area contributed by atoms with E-state index in [-0.39, 0.29) is 5.91 Å². The van der Waals surface area contributed by atoms with E-state index in [2.05, 4.69) is 53.8 Å². The first kappa shape index (κ1) is 19.7. The van der Waals surface area contributed by atoms with Gasteiger partial charge >= 0.3 is 0 Å². The van der Waals surface area contributed by atoms with Crippen LogP contribution < -0.4 is 9.80 Å². The Morgan fingerprint density at radius 1 is 1.03 bits per heavy atom. The number of carbonyl (C=O) groups is 1. The Labute approximate surface area is 174 Å². The molecule has 2 saturated heterocycles. The molecule has 3 heterocycles. The molecule has 0 bridgehead atoms. The van der Waals surface area contributed by atoms with Gasteiger partial charge < -0.3 is 14.7 Å². The number of piperidine rings is 1. The van der Waals surface area contributed by atoms with E-state index in [9.17, 15) is 4.79 Å². The molecule has 2 aliphatic rings. The molecule has 0 radical (unpaired) electrons. The van der Waals surface area contributed by atoms with Crippen LogP contribution in [0.3, 0.4) is 0 Å². The number of amides is 1. The minimum Gasteiger partial charge on any atom is -0.370 e. The van der Waals surface area contributed by atoms with Crippen LogP contribution in [-0.2, 0) is 0 Å². The van der Waals surface area contributed by atoms with Crippen LogP contribution in [0.15, 0.2) is 36.7 Å². The quantitative estimate of drug-likeness (QED) is 0.794. The van der Waals surface area contributed by atoms with Gasteiger partial charge in [0.15, 0.2) is 0 Å². The fraction of sp³-hybridized carbons (Fsp3) is 0.500. The zero-order valence-electron chi connectivity index (χ0n) is 17.9. The van der Waals surface area contributed by atoms with Crippen molar-refractivity contribution in [1.82, 2.24) is 9.88 Å². The number of hydrogen-bond donors (Lipinski definition) is 0. The largest absolute Gasteiger partial charge is 0.370 e. The van der Waals surface area contributed by atoms with Gasteiger partial charge in [-0.3, -0.25) is 9.78 Å². The smallest absolute Gasteiger partial charge is 0.255 e. The van der Waals surface area contributed by atoms with E-state index in [0.717, 1.165) is 45.0 Å². The molecule has 1 amide bonds. The van der Waals surface area contributed by atoms with Gasteiger partial charge in [-0.25, -0.2) is 0 Å². The van der Waals surface area contributed by atoms with Gasteiger partial charge in [-0.2, -0.15) is 0 Å². The van der Waals surface area contributed by atoms with E-state index in [1.54, 1.807) is 6.20 Å². The van der Waals surface area contributed by atoms with E-state index >= 15 is 0 Å². The number of piperazine rings is 1. The molecule has 0 N–H and O–H groups in total. The van der Waals surface area contributed by atoms with Gasteiger partial charge in [-0.05, 0) is 55.9 Å². The minimum atomic E-state index is 0.102. The van der Waals surface area contributed by atoms with Crippen LogP contribution in [0.2, 0.25) is 0 Å². The summed E-state index contributed by atoms with van der Waals surface area (Å²) >= 11 is 0. The van der Waals surface area contributed by atoms with E-state index < -0.39 is 0 Å². The third kappa shape index (κ3) is 4.24. The Morgan fingerprint density at radius 3 is 2.59 bits per heavy atom. The average molecular weight is 393 g/mol. The summed E-state index contributed by atoms with van der Waals surface area (Å²) in [4.78, 5) is 24.2. The first-order valence-electron chi connectivity index (χ1n) is 10.8. The van der Waals surface area contributed by atoms with Crippen molar-refractivity contribution in [2.24, 2.45) is 5.92 Å². The number of rotatable bonds is 3. The van der Waals surface area contributed by atoms with E-state index in [1.807, 2.05) is 17.2 Å². The van der Waals surface area contributed by atoms with E-state index in [1.165, 1.54) is 29.7 Å². The Bertz CT molecular complexity index is 873. The summed E-state index contributed by atoms with van der Waals surface area (Å²) in [5.74, 6) is 0.797. The number of pyridine rings is 1. The van der Waals surface area contributed by atoms with Gasteiger partial charge in [-0.1, -0.05) is 19.1 Å². The summed E-state index contributed by atoms with van der Waals surface area (Å²) in [7, 11) is 0. The maximum Gasteiger partial charge on any atom is 0.255 e. The van der Waals surface area contributed by atoms with Crippen LogP contribution in [-0.4, -0.2) is 55.1 Å². The lowest BCUT2D eigenvalue weighted by Crippen LogP contribution is -2.49. The van der Waals surface area contributed by atoms with Gasteiger partial charge in [0.05, 0.1) is 17.4 Å². The lowest BCUT2D eigenvalue weighted by atomic mass is 10.00. The Morgan fingerprint density at radius 2 is 1.83 bits per heavy atom. The standard InChI is InChI=1S/C24H32N4O/c1-18-6-5-9-28(17-18)22-14-21(15-25-16-22)24(29)27-12-10-26(11-13-27)23-8-4-7-19(2)20(23)3/h4,7-8,14-16,18H,5-6,9-13,17H2,1-3H3. The molecule has 5 nitrogen and oxygen atoms in total. The lowest BCUT2D eigenvalue weighted by Gasteiger charge is -2.37. The molecule has 1 aromatic heterocycles. The first-order chi connectivity index (χ1) is 14.0. The second-order valence-electron chi connectivity index (χ2n) is 8.62. The molecule has 0 saturated carbocycles. The molecule has 29 heavy (non-hydrogen) atoms. The number of aromatic nitrogens is 1. The van der Waals surface area contributed by atoms with Crippen LogP contribution in [0.5, 0.6) is 0 Å². The van der Waals surface area contributed by atoms with Gasteiger partial charge in [-0.15, -0.1) is 0 Å². The maximum absolute atomic E-state index is 13.1. The predicted molar refractivity (Wildman–Crippen MR) is 119 cm³/mol. The van der Waals surface area contributed by atoms with Gasteiger partial charge in [0.2, 0.25) is 0 Å². The van der Waals surface area contributed by atoms with Crippen molar-refractivity contribution >= 4 is 17.3 Å². The summed E-state index contributed by atoms with van der Waals surface area (Å²) in [6.45, 7) is 12.0. The van der Waals surface area contributed by atoms with Gasteiger partial charge in [0.1, 0.15) is 0 Å². The highest BCUT2D eigenvalue weighted by atomic mass is 16.2. The number of nitrogens with zero attached hydrogens (tertiary/aromatic N) is 4. The summed E-state index contributed by atoms with van der Waals surface area (Å²) in [6, 6.07) is 8.49. The minimum absolute atomic E-state index is 0.102. The highest BCUT2D eigenvalue weighted by Gasteiger charge is 2.24. The second kappa shape index (κ2) is 8.44. The zero-order chi connectivity index (χ0) is 20.4. The van der Waals surface area contributed by atoms with E-state index in [4.69, 9.17) is 0 Å². The van der Waals surface area contributed by atoms with Crippen molar-refractivity contribution in [2.45, 2.75) is 33.6 Å². The number of hydrogen-bond acceptors (Lipinski definition) is 4. The molecular formula is C24H32N4O. The number of carbonyl (C=O) groups excluding carboxylic acids is 1. The highest BCUT2D eigenvalue weighted by molar-refractivity contribution is 5.95. The molecule has 154 valence electrons. The molecular weight excluding hydrogens is 360 g/mol. The molecule has 2 fully saturated rings. The van der Waals surface area contributed by atoms with Crippen molar-refractivity contribution in [2.75, 3.05) is 49.1 Å². The summed E-state index contributed by atoms with van der Waals surface area (Å²) in [5.41, 5.74) is 5.73. The molecule has 5 heteroatoms. The van der Waals surface area contributed by atoms with Crippen molar-refractivity contribution in [3.8, 4) is 0 Å². The van der Waals surface area contributed by atoms with Crippen molar-refractivity contribution in [3.63, 3.8) is 0 Å². The zero-order valence-corrected chi connectivity index (χ0v) is 17.9. The Hall–Kier alpha value is -2.56. The fourth-order valence-corrected chi connectivity index (χ4v) is 4.55. The van der Waals surface area contributed by atoms with Crippen LogP contribution in [0.1, 0.15) is 41.3 Å². The van der Waals surface area contributed by atoms with Crippen molar-refractivity contribution in [1.29, 1.82) is 0 Å². The molecule has 0 spiro atoms. The normalized spacial score (nSPS) is 20.1. The van der Waals surface area contributed by atoms with Crippen LogP contribution >= 0.6 is 0 Å². The van der Waals surface area contributed by atoms with Gasteiger partial charge in [0, 0.05) is 51.2 Å². The molecule has 1 atom stereocenters. The van der Waals surface area contributed by atoms with Crippen LogP contribution in [0, 0.1) is 19.8 Å². The fourth-order valence-electron chi connectivity index (χ4n) is 4.55. The molecule has 2 aliphatic heterocycles. The number of aryl methyl sites for hydroxylation is 1. The molecule has 1 unspecified atom stereocenters. The summed E-state index contributed by atoms with van der Waals surface area (Å²) in [5, 5.41) is 0. The summed E-state index contributed by atoms with van der Waals surface area (Å²) < 4.78 is 0. The van der Waals surface area contributed by atoms with Crippen LogP contribution in [0.4, 0.5) is 11.4 Å². The maximum atomic E-state index is 13.1. The molecule has 2 aromatic rings. The summed E-state index contributed by atoms with van der Waals surface area (Å²) in [6.07, 6.45) is 6.11. The number of benzene rings is 1. The number of anilines is 2. The molecule has 1 aromatic carbocycles. The van der Waals surface area contributed by atoms with E-state index in [0.29, 0.717) is 11.5 Å². The third-order valence-electron chi connectivity index (χ3n) is 6.48. The second-order valence-corrected chi connectivity index (χ2v) is 8.62. The highest BCUT2D eigenvalue weighted by Crippen LogP contribution is 2.25. The van der Waals surface area contributed by atoms with Gasteiger partial charge in [0.25, 0.3) is 5.91 Å². The Balaban J connectivity index is 1.42.